The fourth-order valence-electron chi connectivity index (χ4n) is 1.63. The van der Waals surface area contributed by atoms with Gasteiger partial charge in [-0.2, -0.15) is 5.10 Å². The molecule has 0 unspecified atom stereocenters. The van der Waals surface area contributed by atoms with Gasteiger partial charge in [0.25, 0.3) is 0 Å². The van der Waals surface area contributed by atoms with Gasteiger partial charge in [-0.3, -0.25) is 5.41 Å². The number of rotatable bonds is 1. The number of hydrogen-bond acceptors (Lipinski definition) is 2. The summed E-state index contributed by atoms with van der Waals surface area (Å²) in [5.74, 6) is 0.391. The Balaban J connectivity index is 2.67. The van der Waals surface area contributed by atoms with E-state index in [-0.39, 0.29) is 0 Å². The summed E-state index contributed by atoms with van der Waals surface area (Å²) in [5, 5.41) is 13.3. The molecule has 0 fully saturated rings. The van der Waals surface area contributed by atoms with E-state index in [0.717, 1.165) is 16.6 Å². The van der Waals surface area contributed by atoms with Crippen molar-refractivity contribution in [3.8, 4) is 0 Å². The van der Waals surface area contributed by atoms with Crippen LogP contribution in [0.3, 0.4) is 0 Å². The Morgan fingerprint density at radius 1 is 1.40 bits per heavy atom. The van der Waals surface area contributed by atoms with Crippen molar-refractivity contribution in [1.82, 2.24) is 9.78 Å². The molecule has 2 aromatic rings. The summed E-state index contributed by atoms with van der Waals surface area (Å²) in [4.78, 5) is 0. The van der Waals surface area contributed by atoms with Crippen LogP contribution >= 0.6 is 0 Å². The molecule has 0 aliphatic rings. The molecule has 0 radical (unpaired) electrons. The minimum atomic E-state index is 0.391. The van der Waals surface area contributed by atoms with Gasteiger partial charge >= 0.3 is 0 Å². The molecule has 3 heteroatoms. The monoisotopic (exact) mass is 199 g/mol. The van der Waals surface area contributed by atoms with Crippen LogP contribution in [0.1, 0.15) is 12.6 Å². The van der Waals surface area contributed by atoms with Crippen molar-refractivity contribution < 1.29 is 0 Å². The van der Waals surface area contributed by atoms with Gasteiger partial charge in [-0.25, -0.2) is 4.68 Å². The number of fused-ring (bicyclic) bond motifs is 1. The summed E-state index contributed by atoms with van der Waals surface area (Å²) in [5.41, 5.74) is 1.94. The zero-order chi connectivity index (χ0) is 10.8. The Morgan fingerprint density at radius 3 is 2.87 bits per heavy atom. The predicted octanol–water partition coefficient (Wildman–Crippen LogP) is 2.75. The first kappa shape index (κ1) is 9.65. The van der Waals surface area contributed by atoms with Gasteiger partial charge in [0.2, 0.25) is 0 Å². The van der Waals surface area contributed by atoms with E-state index in [9.17, 15) is 0 Å². The molecule has 2 rings (SSSR count). The van der Waals surface area contributed by atoms with E-state index in [0.29, 0.717) is 5.84 Å². The van der Waals surface area contributed by atoms with E-state index in [1.807, 2.05) is 44.2 Å². The molecule has 1 heterocycles. The molecule has 0 spiro atoms. The molecule has 3 nitrogen and oxygen atoms in total. The van der Waals surface area contributed by atoms with Gasteiger partial charge in [-0.1, -0.05) is 24.3 Å². The van der Waals surface area contributed by atoms with Gasteiger partial charge in [0.1, 0.15) is 5.84 Å². The third-order valence-corrected chi connectivity index (χ3v) is 2.32. The van der Waals surface area contributed by atoms with Gasteiger partial charge in [0.15, 0.2) is 0 Å². The standard InChI is InChI=1S/C12H13N3/c1-3-6-12(13)15-11-8-5-4-7-10(11)9(2)14-15/h3-8,13H,1-2H3/b6-3-,13-12?. The molecule has 0 bridgehead atoms. The molecule has 76 valence electrons. The van der Waals surface area contributed by atoms with E-state index in [2.05, 4.69) is 5.10 Å². The number of aryl methyl sites for hydroxylation is 1. The zero-order valence-electron chi connectivity index (χ0n) is 8.86. The summed E-state index contributed by atoms with van der Waals surface area (Å²) in [7, 11) is 0. The molecule has 0 aliphatic carbocycles. The molecule has 0 aliphatic heterocycles. The third kappa shape index (κ3) is 1.56. The second-order valence-electron chi connectivity index (χ2n) is 3.40. The Labute approximate surface area is 88.5 Å². The SMILES string of the molecule is C/C=C\C(=N)n1nc(C)c2ccccc21. The van der Waals surface area contributed by atoms with Crippen molar-refractivity contribution in [3.63, 3.8) is 0 Å². The van der Waals surface area contributed by atoms with E-state index >= 15 is 0 Å². The summed E-state index contributed by atoms with van der Waals surface area (Å²) >= 11 is 0. The van der Waals surface area contributed by atoms with Gasteiger partial charge < -0.3 is 0 Å². The topological polar surface area (TPSA) is 41.7 Å². The Kier molecular flexibility index (Phi) is 2.37. The number of hydrogen-bond donors (Lipinski definition) is 1. The summed E-state index contributed by atoms with van der Waals surface area (Å²) < 4.78 is 1.66. The van der Waals surface area contributed by atoms with E-state index in [4.69, 9.17) is 5.41 Å². The van der Waals surface area contributed by atoms with Crippen LogP contribution in [0.15, 0.2) is 36.4 Å². The van der Waals surface area contributed by atoms with Crippen LogP contribution in [-0.4, -0.2) is 15.6 Å². The lowest BCUT2D eigenvalue weighted by Crippen LogP contribution is -2.08. The highest BCUT2D eigenvalue weighted by Crippen LogP contribution is 2.17. The molecule has 1 aromatic heterocycles. The molecule has 1 N–H and O–H groups in total. The summed E-state index contributed by atoms with van der Waals surface area (Å²) in [6.07, 6.45) is 3.58. The van der Waals surface area contributed by atoms with Crippen molar-refractivity contribution in [1.29, 1.82) is 5.41 Å². The molecular weight excluding hydrogens is 186 g/mol. The van der Waals surface area contributed by atoms with E-state index in [1.54, 1.807) is 10.8 Å². The highest BCUT2D eigenvalue weighted by atomic mass is 15.3. The summed E-state index contributed by atoms with van der Waals surface area (Å²) in [6, 6.07) is 7.95. The predicted molar refractivity (Wildman–Crippen MR) is 62.4 cm³/mol. The Bertz CT molecular complexity index is 535. The third-order valence-electron chi connectivity index (χ3n) is 2.32. The zero-order valence-corrected chi connectivity index (χ0v) is 8.86. The number of aromatic nitrogens is 2. The second-order valence-corrected chi connectivity index (χ2v) is 3.40. The number of allylic oxidation sites excluding steroid dienone is 2. The first-order valence-corrected chi connectivity index (χ1v) is 4.90. The maximum Gasteiger partial charge on any atom is 0.146 e. The van der Waals surface area contributed by atoms with E-state index in [1.165, 1.54) is 0 Å². The Morgan fingerprint density at radius 2 is 2.13 bits per heavy atom. The van der Waals surface area contributed by atoms with Crippen molar-refractivity contribution >= 4 is 16.7 Å². The van der Waals surface area contributed by atoms with Gasteiger partial charge in [-0.05, 0) is 26.0 Å². The molecule has 0 saturated carbocycles. The molecular formula is C12H13N3. The average Bonchev–Trinajstić information content (AvgIpc) is 2.58. The Hall–Kier alpha value is -1.90. The number of benzene rings is 1. The maximum atomic E-state index is 7.84. The van der Waals surface area contributed by atoms with Gasteiger partial charge in [0, 0.05) is 5.39 Å². The van der Waals surface area contributed by atoms with Crippen LogP contribution in [0.25, 0.3) is 10.9 Å². The summed E-state index contributed by atoms with van der Waals surface area (Å²) in [6.45, 7) is 3.86. The van der Waals surface area contributed by atoms with Crippen molar-refractivity contribution in [3.05, 3.63) is 42.1 Å². The second kappa shape index (κ2) is 3.69. The van der Waals surface area contributed by atoms with Crippen LogP contribution in [0, 0.1) is 12.3 Å². The molecule has 0 saturated heterocycles. The lowest BCUT2D eigenvalue weighted by Gasteiger charge is -1.99. The first-order valence-electron chi connectivity index (χ1n) is 4.90. The van der Waals surface area contributed by atoms with Crippen LogP contribution in [0.5, 0.6) is 0 Å². The normalized spacial score (nSPS) is 11.3. The molecule has 15 heavy (non-hydrogen) atoms. The van der Waals surface area contributed by atoms with Crippen molar-refractivity contribution in [2.75, 3.05) is 0 Å². The highest BCUT2D eigenvalue weighted by Gasteiger charge is 2.07. The first-order chi connectivity index (χ1) is 7.24. The number of nitrogens with zero attached hydrogens (tertiary/aromatic N) is 2. The lowest BCUT2D eigenvalue weighted by atomic mass is 10.2. The number of para-hydroxylation sites is 1. The quantitative estimate of drug-likeness (QED) is 0.557. The van der Waals surface area contributed by atoms with Gasteiger partial charge in [-0.15, -0.1) is 0 Å². The fraction of sp³-hybridized carbons (Fsp3) is 0.167. The van der Waals surface area contributed by atoms with Crippen molar-refractivity contribution in [2.45, 2.75) is 13.8 Å². The van der Waals surface area contributed by atoms with Crippen LogP contribution in [-0.2, 0) is 0 Å². The lowest BCUT2D eigenvalue weighted by molar-refractivity contribution is 0.933. The molecule has 0 amide bonds. The molecule has 0 atom stereocenters. The van der Waals surface area contributed by atoms with Gasteiger partial charge in [0.05, 0.1) is 11.2 Å². The smallest absolute Gasteiger partial charge is 0.146 e. The van der Waals surface area contributed by atoms with Crippen LogP contribution < -0.4 is 0 Å². The minimum absolute atomic E-state index is 0.391. The van der Waals surface area contributed by atoms with Crippen LogP contribution in [0.4, 0.5) is 0 Å². The average molecular weight is 199 g/mol. The maximum absolute atomic E-state index is 7.84. The largest absolute Gasteiger partial charge is 0.283 e. The van der Waals surface area contributed by atoms with Crippen LogP contribution in [0.2, 0.25) is 0 Å². The highest BCUT2D eigenvalue weighted by molar-refractivity contribution is 5.99. The fourth-order valence-corrected chi connectivity index (χ4v) is 1.63. The number of nitrogens with one attached hydrogen (secondary N) is 1. The van der Waals surface area contributed by atoms with E-state index < -0.39 is 0 Å². The van der Waals surface area contributed by atoms with Crippen molar-refractivity contribution in [2.24, 2.45) is 0 Å². The molecule has 1 aromatic carbocycles. The minimum Gasteiger partial charge on any atom is -0.283 e.